The molecule has 0 aromatic rings. The Morgan fingerprint density at radius 3 is 2.32 bits per heavy atom. The van der Waals surface area contributed by atoms with E-state index in [0.29, 0.717) is 0 Å². The molecule has 3 rings (SSSR count). The normalized spacial score (nSPS) is 28.2. The van der Waals surface area contributed by atoms with Gasteiger partial charge in [-0.15, -0.1) is 0 Å². The summed E-state index contributed by atoms with van der Waals surface area (Å²) in [6, 6.07) is 0.790. The summed E-state index contributed by atoms with van der Waals surface area (Å²) >= 11 is 0. The fourth-order valence-electron chi connectivity index (χ4n) is 4.41. The first-order valence-corrected chi connectivity index (χ1v) is 9.54. The Hall–Kier alpha value is -0.160. The van der Waals surface area contributed by atoms with E-state index in [2.05, 4.69) is 21.7 Å². The second kappa shape index (κ2) is 8.62. The van der Waals surface area contributed by atoms with Crippen molar-refractivity contribution >= 4 is 0 Å². The van der Waals surface area contributed by atoms with Gasteiger partial charge in [-0.25, -0.2) is 0 Å². The van der Waals surface area contributed by atoms with Crippen molar-refractivity contribution in [1.29, 1.82) is 0 Å². The molecule has 0 N–H and O–H groups in total. The van der Waals surface area contributed by atoms with Crippen molar-refractivity contribution in [2.24, 2.45) is 5.92 Å². The summed E-state index contributed by atoms with van der Waals surface area (Å²) in [4.78, 5) is 7.91. The highest BCUT2D eigenvalue weighted by molar-refractivity contribution is 4.81. The molecule has 0 saturated carbocycles. The van der Waals surface area contributed by atoms with Crippen LogP contribution in [0.4, 0.5) is 0 Å². The number of likely N-dealkylation sites (tertiary alicyclic amines) is 2. The molecule has 128 valence electrons. The summed E-state index contributed by atoms with van der Waals surface area (Å²) in [7, 11) is 2.27. The van der Waals surface area contributed by atoms with Gasteiger partial charge in [-0.2, -0.15) is 0 Å². The molecule has 0 bridgehead atoms. The minimum absolute atomic E-state index is 0.790. The molecule has 0 spiro atoms. The molecular weight excluding hydrogens is 274 g/mol. The quantitative estimate of drug-likeness (QED) is 0.746. The van der Waals surface area contributed by atoms with Crippen LogP contribution in [0.15, 0.2) is 0 Å². The maximum Gasteiger partial charge on any atom is 0.0594 e. The molecular formula is C18H35N3O. The van der Waals surface area contributed by atoms with E-state index < -0.39 is 0 Å². The monoisotopic (exact) mass is 309 g/mol. The Labute approximate surface area is 136 Å². The summed E-state index contributed by atoms with van der Waals surface area (Å²) in [6.07, 6.45) is 8.42. The lowest BCUT2D eigenvalue weighted by atomic mass is 9.88. The predicted molar refractivity (Wildman–Crippen MR) is 91.3 cm³/mol. The molecule has 1 atom stereocenters. The Kier molecular flexibility index (Phi) is 6.54. The highest BCUT2D eigenvalue weighted by atomic mass is 16.5. The number of nitrogens with zero attached hydrogens (tertiary/aromatic N) is 3. The maximum absolute atomic E-state index is 5.57. The number of rotatable bonds is 6. The largest absolute Gasteiger partial charge is 0.379 e. The lowest BCUT2D eigenvalue weighted by Gasteiger charge is -2.39. The fourth-order valence-corrected chi connectivity index (χ4v) is 4.41. The molecule has 4 heteroatoms. The third kappa shape index (κ3) is 4.92. The topological polar surface area (TPSA) is 19.0 Å². The molecule has 3 aliphatic heterocycles. The SMILES string of the molecule is CN1CCC(CC(CCN2CCCC2)N2CCOCC2)CC1. The fraction of sp³-hybridized carbons (Fsp3) is 1.00. The van der Waals surface area contributed by atoms with Gasteiger partial charge >= 0.3 is 0 Å². The van der Waals surface area contributed by atoms with Crippen LogP contribution in [0.3, 0.4) is 0 Å². The Balaban J connectivity index is 1.50. The average molecular weight is 309 g/mol. The van der Waals surface area contributed by atoms with Gasteiger partial charge in [-0.05, 0) is 84.2 Å². The number of piperidine rings is 1. The van der Waals surface area contributed by atoms with Crippen LogP contribution < -0.4 is 0 Å². The molecule has 3 saturated heterocycles. The van der Waals surface area contributed by atoms with Crippen molar-refractivity contribution in [3.63, 3.8) is 0 Å². The Bertz CT molecular complexity index is 305. The molecule has 0 aliphatic carbocycles. The molecule has 1 unspecified atom stereocenters. The zero-order valence-corrected chi connectivity index (χ0v) is 14.5. The number of morpholine rings is 1. The van der Waals surface area contributed by atoms with Gasteiger partial charge in [-0.1, -0.05) is 0 Å². The molecule has 3 aliphatic rings. The first-order valence-electron chi connectivity index (χ1n) is 9.54. The van der Waals surface area contributed by atoms with Crippen molar-refractivity contribution < 1.29 is 4.74 Å². The van der Waals surface area contributed by atoms with Gasteiger partial charge in [0.05, 0.1) is 13.2 Å². The van der Waals surface area contributed by atoms with E-state index in [4.69, 9.17) is 4.74 Å². The van der Waals surface area contributed by atoms with Crippen molar-refractivity contribution in [3.05, 3.63) is 0 Å². The Morgan fingerprint density at radius 1 is 0.955 bits per heavy atom. The molecule has 0 radical (unpaired) electrons. The summed E-state index contributed by atoms with van der Waals surface area (Å²) < 4.78 is 5.57. The van der Waals surface area contributed by atoms with Crippen LogP contribution in [-0.2, 0) is 4.74 Å². The second-order valence-corrected chi connectivity index (χ2v) is 7.62. The van der Waals surface area contributed by atoms with Gasteiger partial charge < -0.3 is 14.5 Å². The van der Waals surface area contributed by atoms with Crippen LogP contribution in [0.25, 0.3) is 0 Å². The van der Waals surface area contributed by atoms with E-state index in [1.165, 1.54) is 71.2 Å². The summed E-state index contributed by atoms with van der Waals surface area (Å²) in [5.41, 5.74) is 0. The van der Waals surface area contributed by atoms with E-state index in [0.717, 1.165) is 38.3 Å². The van der Waals surface area contributed by atoms with Crippen LogP contribution in [0.5, 0.6) is 0 Å². The van der Waals surface area contributed by atoms with E-state index in [-0.39, 0.29) is 0 Å². The summed E-state index contributed by atoms with van der Waals surface area (Å²) in [6.45, 7) is 10.8. The van der Waals surface area contributed by atoms with Crippen LogP contribution in [-0.4, -0.2) is 86.8 Å². The smallest absolute Gasteiger partial charge is 0.0594 e. The molecule has 4 nitrogen and oxygen atoms in total. The third-order valence-electron chi connectivity index (χ3n) is 5.98. The van der Waals surface area contributed by atoms with E-state index in [1.807, 2.05) is 0 Å². The molecule has 3 heterocycles. The third-order valence-corrected chi connectivity index (χ3v) is 5.98. The zero-order chi connectivity index (χ0) is 15.2. The molecule has 22 heavy (non-hydrogen) atoms. The first-order chi connectivity index (χ1) is 10.8. The van der Waals surface area contributed by atoms with Crippen LogP contribution in [0, 0.1) is 5.92 Å². The van der Waals surface area contributed by atoms with Gasteiger partial charge in [0, 0.05) is 19.1 Å². The van der Waals surface area contributed by atoms with Crippen LogP contribution in [0.2, 0.25) is 0 Å². The predicted octanol–water partition coefficient (Wildman–Crippen LogP) is 1.91. The van der Waals surface area contributed by atoms with Crippen molar-refractivity contribution in [2.45, 2.75) is 44.6 Å². The molecule has 0 amide bonds. The standard InChI is InChI=1S/C18H35N3O/c1-19-9-4-17(5-10-19)16-18(21-12-14-22-15-13-21)6-11-20-7-2-3-8-20/h17-18H,2-16H2,1H3. The van der Waals surface area contributed by atoms with Gasteiger partial charge in [0.1, 0.15) is 0 Å². The highest BCUT2D eigenvalue weighted by Gasteiger charge is 2.27. The van der Waals surface area contributed by atoms with E-state index in [9.17, 15) is 0 Å². The minimum atomic E-state index is 0.790. The minimum Gasteiger partial charge on any atom is -0.379 e. The van der Waals surface area contributed by atoms with Crippen LogP contribution in [0.1, 0.15) is 38.5 Å². The van der Waals surface area contributed by atoms with Crippen LogP contribution >= 0.6 is 0 Å². The Morgan fingerprint density at radius 2 is 1.64 bits per heavy atom. The number of hydrogen-bond acceptors (Lipinski definition) is 4. The molecule has 0 aromatic heterocycles. The van der Waals surface area contributed by atoms with Crippen molar-refractivity contribution in [1.82, 2.24) is 14.7 Å². The number of ether oxygens (including phenoxy) is 1. The lowest BCUT2D eigenvalue weighted by molar-refractivity contribution is 0.00513. The summed E-state index contributed by atoms with van der Waals surface area (Å²) in [5, 5.41) is 0. The summed E-state index contributed by atoms with van der Waals surface area (Å²) in [5.74, 6) is 0.947. The average Bonchev–Trinajstić information content (AvgIpc) is 3.07. The lowest BCUT2D eigenvalue weighted by Crippen LogP contribution is -2.46. The number of hydrogen-bond donors (Lipinski definition) is 0. The van der Waals surface area contributed by atoms with E-state index in [1.54, 1.807) is 0 Å². The van der Waals surface area contributed by atoms with Crippen molar-refractivity contribution in [2.75, 3.05) is 66.1 Å². The maximum atomic E-state index is 5.57. The van der Waals surface area contributed by atoms with Gasteiger partial charge in [0.25, 0.3) is 0 Å². The zero-order valence-electron chi connectivity index (χ0n) is 14.5. The molecule has 0 aromatic carbocycles. The van der Waals surface area contributed by atoms with E-state index >= 15 is 0 Å². The highest BCUT2D eigenvalue weighted by Crippen LogP contribution is 2.25. The van der Waals surface area contributed by atoms with Gasteiger partial charge in [0.2, 0.25) is 0 Å². The first kappa shape index (κ1) is 16.7. The second-order valence-electron chi connectivity index (χ2n) is 7.62. The van der Waals surface area contributed by atoms with Gasteiger partial charge in [-0.3, -0.25) is 4.90 Å². The van der Waals surface area contributed by atoms with Crippen molar-refractivity contribution in [3.8, 4) is 0 Å². The molecule has 3 fully saturated rings. The van der Waals surface area contributed by atoms with Gasteiger partial charge in [0.15, 0.2) is 0 Å².